The summed E-state index contributed by atoms with van der Waals surface area (Å²) < 4.78 is 6.70. The number of hydrogen-bond donors (Lipinski definition) is 6. The van der Waals surface area contributed by atoms with Crippen LogP contribution < -0.4 is 11.1 Å². The lowest BCUT2D eigenvalue weighted by Gasteiger charge is -2.25. The molecule has 2 heterocycles. The molecule has 10 nitrogen and oxygen atoms in total. The van der Waals surface area contributed by atoms with Crippen LogP contribution in [0, 0.1) is 0 Å². The summed E-state index contributed by atoms with van der Waals surface area (Å²) in [5.41, 5.74) is 6.26. The first-order valence-corrected chi connectivity index (χ1v) is 7.85. The van der Waals surface area contributed by atoms with E-state index in [1.807, 2.05) is 0 Å². The molecule has 0 radical (unpaired) electrons. The zero-order valence-electron chi connectivity index (χ0n) is 13.2. The van der Waals surface area contributed by atoms with Crippen LogP contribution in [0.15, 0.2) is 11.4 Å². The molecular weight excluding hydrogens is 336 g/mol. The molecule has 2 aromatic heterocycles. The van der Waals surface area contributed by atoms with E-state index in [0.717, 1.165) is 6.42 Å². The summed E-state index contributed by atoms with van der Waals surface area (Å²) in [6.45, 7) is 0.535. The molecule has 0 saturated heterocycles. The summed E-state index contributed by atoms with van der Waals surface area (Å²) in [5, 5.41) is 32.2. The Hall–Kier alpha value is -1.50. The molecule has 2 aromatic rings. The van der Waals surface area contributed by atoms with Gasteiger partial charge in [0.15, 0.2) is 11.9 Å². The molecule has 0 amide bonds. The summed E-state index contributed by atoms with van der Waals surface area (Å²) in [5.74, 6) is 0.342. The minimum atomic E-state index is -1.37. The number of thiol groups is 1. The van der Waals surface area contributed by atoms with E-state index in [0.29, 0.717) is 35.2 Å². The number of anilines is 1. The minimum Gasteiger partial charge on any atom is -0.394 e. The third-order valence-electron chi connectivity index (χ3n) is 3.46. The van der Waals surface area contributed by atoms with E-state index in [1.165, 1.54) is 18.0 Å². The van der Waals surface area contributed by atoms with Crippen molar-refractivity contribution in [2.75, 3.05) is 32.1 Å². The van der Waals surface area contributed by atoms with Crippen LogP contribution in [-0.4, -0.2) is 73.9 Å². The number of ether oxygens (including phenoxy) is 1. The van der Waals surface area contributed by atoms with E-state index in [2.05, 4.69) is 32.9 Å². The average Bonchev–Trinajstić information content (AvgIpc) is 2.99. The van der Waals surface area contributed by atoms with Crippen molar-refractivity contribution >= 4 is 29.7 Å². The van der Waals surface area contributed by atoms with Gasteiger partial charge in [0.05, 0.1) is 12.9 Å². The summed E-state index contributed by atoms with van der Waals surface area (Å²) in [6, 6.07) is 0. The molecular formula is C13H22N6O4S. The van der Waals surface area contributed by atoms with Crippen LogP contribution in [0.4, 0.5) is 5.95 Å². The second kappa shape index (κ2) is 8.55. The fourth-order valence-electron chi connectivity index (χ4n) is 2.18. The second-order valence-corrected chi connectivity index (χ2v) is 5.55. The van der Waals surface area contributed by atoms with Gasteiger partial charge >= 0.3 is 0 Å². The predicted octanol–water partition coefficient (Wildman–Crippen LogP) is -1.27. The first kappa shape index (κ1) is 18.8. The average molecular weight is 358 g/mol. The predicted molar refractivity (Wildman–Crippen MR) is 89.9 cm³/mol. The molecule has 0 aliphatic heterocycles. The van der Waals surface area contributed by atoms with Crippen molar-refractivity contribution in [3.63, 3.8) is 0 Å². The van der Waals surface area contributed by atoms with Crippen LogP contribution in [0.1, 0.15) is 12.6 Å². The Morgan fingerprint density at radius 1 is 1.42 bits per heavy atom. The number of hydrogen-bond acceptors (Lipinski definition) is 10. The number of imidazole rings is 1. The van der Waals surface area contributed by atoms with E-state index in [4.69, 9.17) is 15.6 Å². The van der Waals surface area contributed by atoms with Crippen molar-refractivity contribution in [2.24, 2.45) is 5.73 Å². The lowest BCUT2D eigenvalue weighted by molar-refractivity contribution is -0.118. The van der Waals surface area contributed by atoms with Crippen LogP contribution in [0.2, 0.25) is 0 Å². The number of aromatic nitrogens is 4. The summed E-state index contributed by atoms with van der Waals surface area (Å²) >= 11 is 4.30. The van der Waals surface area contributed by atoms with E-state index in [1.54, 1.807) is 0 Å². The number of methoxy groups -OCH3 is 1. The van der Waals surface area contributed by atoms with Crippen LogP contribution in [0.25, 0.3) is 11.2 Å². The standard InChI is InChI=1S/C13H22N6O4S/c1-23-12(9(22)7(21)5-20)19-6-16-8-10(19)17-13(18-11(8)24)15-4-2-3-14/h6-7,9,12,20-22H,2-5,14H2,1H3,(H2,15,17,18,24)/t7?,9-,12+/m0/s1. The van der Waals surface area contributed by atoms with Gasteiger partial charge in [-0.2, -0.15) is 4.98 Å². The molecule has 0 aromatic carbocycles. The van der Waals surface area contributed by atoms with Gasteiger partial charge in [-0.3, -0.25) is 4.57 Å². The van der Waals surface area contributed by atoms with Gasteiger partial charge in [-0.05, 0) is 13.0 Å². The van der Waals surface area contributed by atoms with Crippen LogP contribution in [0.5, 0.6) is 0 Å². The Morgan fingerprint density at radius 3 is 2.79 bits per heavy atom. The van der Waals surface area contributed by atoms with Crippen molar-refractivity contribution < 1.29 is 20.1 Å². The molecule has 0 aliphatic carbocycles. The van der Waals surface area contributed by atoms with Gasteiger partial charge in [0.25, 0.3) is 0 Å². The zero-order chi connectivity index (χ0) is 17.7. The van der Waals surface area contributed by atoms with Crippen molar-refractivity contribution in [1.29, 1.82) is 0 Å². The topological polar surface area (TPSA) is 152 Å². The normalized spacial score (nSPS) is 15.4. The Morgan fingerprint density at radius 2 is 2.17 bits per heavy atom. The highest BCUT2D eigenvalue weighted by atomic mass is 32.1. The summed E-state index contributed by atoms with van der Waals surface area (Å²) in [7, 11) is 1.37. The third kappa shape index (κ3) is 3.94. The summed E-state index contributed by atoms with van der Waals surface area (Å²) in [6.07, 6.45) is -1.57. The Kier molecular flexibility index (Phi) is 6.71. The van der Waals surface area contributed by atoms with Crippen LogP contribution >= 0.6 is 12.6 Å². The Bertz CT molecular complexity index is 669. The maximum absolute atomic E-state index is 10.1. The SMILES string of the molecule is CO[C@H]([C@@H](O)C(O)CO)n1cnc2c(S)nc(NCCCN)nc21. The van der Waals surface area contributed by atoms with Crippen LogP contribution in [0.3, 0.4) is 0 Å². The highest BCUT2D eigenvalue weighted by molar-refractivity contribution is 7.80. The molecule has 6 N–H and O–H groups in total. The van der Waals surface area contributed by atoms with Gasteiger partial charge in [-0.15, -0.1) is 12.6 Å². The Balaban J connectivity index is 2.39. The largest absolute Gasteiger partial charge is 0.394 e. The van der Waals surface area contributed by atoms with Crippen molar-refractivity contribution in [3.8, 4) is 0 Å². The maximum Gasteiger partial charge on any atom is 0.225 e. The van der Waals surface area contributed by atoms with E-state index < -0.39 is 25.0 Å². The second-order valence-electron chi connectivity index (χ2n) is 5.13. The van der Waals surface area contributed by atoms with Gasteiger partial charge in [-0.1, -0.05) is 0 Å². The van der Waals surface area contributed by atoms with Gasteiger partial charge in [0.1, 0.15) is 22.8 Å². The number of nitrogens with two attached hydrogens (primary N) is 1. The quantitative estimate of drug-likeness (QED) is 0.183. The molecule has 0 bridgehead atoms. The zero-order valence-corrected chi connectivity index (χ0v) is 14.1. The number of rotatable bonds is 9. The molecule has 0 aliphatic rings. The van der Waals surface area contributed by atoms with Gasteiger partial charge < -0.3 is 31.1 Å². The van der Waals surface area contributed by atoms with Gasteiger partial charge in [0, 0.05) is 13.7 Å². The highest BCUT2D eigenvalue weighted by Gasteiger charge is 2.29. The minimum absolute atomic E-state index is 0.342. The molecule has 0 fully saturated rings. The lowest BCUT2D eigenvalue weighted by Crippen LogP contribution is -2.38. The molecule has 134 valence electrons. The molecule has 24 heavy (non-hydrogen) atoms. The van der Waals surface area contributed by atoms with E-state index in [9.17, 15) is 10.2 Å². The van der Waals surface area contributed by atoms with Gasteiger partial charge in [-0.25, -0.2) is 9.97 Å². The molecule has 1 unspecified atom stereocenters. The lowest BCUT2D eigenvalue weighted by atomic mass is 10.2. The number of nitrogens with one attached hydrogen (secondary N) is 1. The smallest absolute Gasteiger partial charge is 0.225 e. The van der Waals surface area contributed by atoms with E-state index >= 15 is 0 Å². The Labute approximate surface area is 144 Å². The van der Waals surface area contributed by atoms with Crippen LogP contribution in [-0.2, 0) is 4.74 Å². The monoisotopic (exact) mass is 358 g/mol. The molecule has 0 spiro atoms. The molecule has 3 atom stereocenters. The van der Waals surface area contributed by atoms with E-state index in [-0.39, 0.29) is 0 Å². The molecule has 0 saturated carbocycles. The molecule has 2 rings (SSSR count). The molecule has 11 heteroatoms. The first-order chi connectivity index (χ1) is 11.5. The first-order valence-electron chi connectivity index (χ1n) is 7.40. The number of fused-ring (bicyclic) bond motifs is 1. The highest BCUT2D eigenvalue weighted by Crippen LogP contribution is 2.25. The van der Waals surface area contributed by atoms with Crippen molar-refractivity contribution in [2.45, 2.75) is 29.9 Å². The van der Waals surface area contributed by atoms with Crippen molar-refractivity contribution in [3.05, 3.63) is 6.33 Å². The number of nitrogens with zero attached hydrogens (tertiary/aromatic N) is 4. The number of aliphatic hydroxyl groups excluding tert-OH is 3. The number of aliphatic hydroxyl groups is 3. The fourth-order valence-corrected chi connectivity index (χ4v) is 2.44. The third-order valence-corrected chi connectivity index (χ3v) is 3.77. The summed E-state index contributed by atoms with van der Waals surface area (Å²) in [4.78, 5) is 12.7. The van der Waals surface area contributed by atoms with Gasteiger partial charge in [0.2, 0.25) is 5.95 Å². The maximum atomic E-state index is 10.1. The fraction of sp³-hybridized carbons (Fsp3) is 0.615. The van der Waals surface area contributed by atoms with Crippen molar-refractivity contribution in [1.82, 2.24) is 19.5 Å².